The molecule has 1 unspecified atom stereocenters. The molecule has 0 fully saturated rings. The van der Waals surface area contributed by atoms with Gasteiger partial charge in [0.2, 0.25) is 5.95 Å². The zero-order valence-electron chi connectivity index (χ0n) is 10.1. The second-order valence-electron chi connectivity index (χ2n) is 4.04. The lowest BCUT2D eigenvalue weighted by Gasteiger charge is -2.14. The molecular weight excluding hydrogens is 231 g/mol. The molecule has 0 saturated heterocycles. The SMILES string of the molecule is CC(Nc1ncc(F)cn1)c1ccc(CN)cc1. The topological polar surface area (TPSA) is 63.8 Å². The number of benzene rings is 1. The number of rotatable bonds is 4. The molecule has 3 N–H and O–H groups in total. The number of aromatic nitrogens is 2. The van der Waals surface area contributed by atoms with Crippen LogP contribution < -0.4 is 11.1 Å². The molecule has 2 rings (SSSR count). The van der Waals surface area contributed by atoms with E-state index in [1.165, 1.54) is 0 Å². The predicted molar refractivity (Wildman–Crippen MR) is 68.4 cm³/mol. The molecule has 0 radical (unpaired) electrons. The molecule has 18 heavy (non-hydrogen) atoms. The van der Waals surface area contributed by atoms with Crippen LogP contribution in [0.3, 0.4) is 0 Å². The van der Waals surface area contributed by atoms with Crippen molar-refractivity contribution >= 4 is 5.95 Å². The molecule has 1 atom stereocenters. The van der Waals surface area contributed by atoms with Crippen molar-refractivity contribution in [1.29, 1.82) is 0 Å². The Balaban J connectivity index is 2.06. The third-order valence-corrected chi connectivity index (χ3v) is 2.68. The molecule has 0 saturated carbocycles. The first kappa shape index (κ1) is 12.4. The normalized spacial score (nSPS) is 12.2. The number of nitrogens with two attached hydrogens (primary N) is 1. The summed E-state index contributed by atoms with van der Waals surface area (Å²) in [6.45, 7) is 2.52. The minimum atomic E-state index is -0.444. The van der Waals surface area contributed by atoms with Gasteiger partial charge in [-0.3, -0.25) is 0 Å². The number of nitrogens with zero attached hydrogens (tertiary/aromatic N) is 2. The second kappa shape index (κ2) is 5.55. The van der Waals surface area contributed by atoms with Crippen LogP contribution in [0.5, 0.6) is 0 Å². The van der Waals surface area contributed by atoms with Gasteiger partial charge in [0, 0.05) is 6.54 Å². The Morgan fingerprint density at radius 3 is 2.39 bits per heavy atom. The maximum atomic E-state index is 12.7. The second-order valence-corrected chi connectivity index (χ2v) is 4.04. The quantitative estimate of drug-likeness (QED) is 0.868. The van der Waals surface area contributed by atoms with E-state index in [2.05, 4.69) is 15.3 Å². The average molecular weight is 246 g/mol. The summed E-state index contributed by atoms with van der Waals surface area (Å²) in [6.07, 6.45) is 2.28. The summed E-state index contributed by atoms with van der Waals surface area (Å²) in [5, 5.41) is 3.10. The summed E-state index contributed by atoms with van der Waals surface area (Å²) in [5.74, 6) is -0.0349. The van der Waals surface area contributed by atoms with Crippen molar-refractivity contribution in [3.8, 4) is 0 Å². The van der Waals surface area contributed by atoms with Crippen molar-refractivity contribution in [3.63, 3.8) is 0 Å². The monoisotopic (exact) mass is 246 g/mol. The van der Waals surface area contributed by atoms with E-state index in [1.54, 1.807) is 0 Å². The molecule has 1 heterocycles. The Kier molecular flexibility index (Phi) is 3.84. The average Bonchev–Trinajstić information content (AvgIpc) is 2.41. The van der Waals surface area contributed by atoms with Crippen molar-refractivity contribution in [2.24, 2.45) is 5.73 Å². The largest absolute Gasteiger partial charge is 0.348 e. The minimum absolute atomic E-state index is 0.0438. The van der Waals surface area contributed by atoms with E-state index >= 15 is 0 Å². The lowest BCUT2D eigenvalue weighted by atomic mass is 10.1. The third-order valence-electron chi connectivity index (χ3n) is 2.68. The van der Waals surface area contributed by atoms with Gasteiger partial charge in [0.15, 0.2) is 5.82 Å². The van der Waals surface area contributed by atoms with Crippen LogP contribution in [0.2, 0.25) is 0 Å². The lowest BCUT2D eigenvalue weighted by Crippen LogP contribution is -2.09. The van der Waals surface area contributed by atoms with Crippen LogP contribution >= 0.6 is 0 Å². The molecule has 0 spiro atoms. The fourth-order valence-electron chi connectivity index (χ4n) is 1.61. The molecule has 94 valence electrons. The number of halogens is 1. The summed E-state index contributed by atoms with van der Waals surface area (Å²) in [4.78, 5) is 7.72. The molecule has 1 aromatic carbocycles. The fraction of sp³-hybridized carbons (Fsp3) is 0.231. The van der Waals surface area contributed by atoms with E-state index in [0.717, 1.165) is 23.5 Å². The first-order valence-corrected chi connectivity index (χ1v) is 5.72. The third kappa shape index (κ3) is 3.01. The first-order valence-electron chi connectivity index (χ1n) is 5.72. The summed E-state index contributed by atoms with van der Waals surface area (Å²) in [5.41, 5.74) is 7.73. The highest BCUT2D eigenvalue weighted by Crippen LogP contribution is 2.17. The van der Waals surface area contributed by atoms with Gasteiger partial charge in [0.05, 0.1) is 18.4 Å². The first-order chi connectivity index (χ1) is 8.69. The molecular formula is C13H15FN4. The highest BCUT2D eigenvalue weighted by atomic mass is 19.1. The van der Waals surface area contributed by atoms with Crippen molar-refractivity contribution in [3.05, 3.63) is 53.6 Å². The van der Waals surface area contributed by atoms with Crippen LogP contribution in [0.15, 0.2) is 36.7 Å². The summed E-state index contributed by atoms with van der Waals surface area (Å²) in [6, 6.07) is 8.02. The maximum absolute atomic E-state index is 12.7. The standard InChI is InChI=1S/C13H15FN4/c1-9(11-4-2-10(6-15)3-5-11)18-13-16-7-12(14)8-17-13/h2-5,7-9H,6,15H2,1H3,(H,16,17,18). The Hall–Kier alpha value is -2.01. The number of hydrogen-bond donors (Lipinski definition) is 2. The molecule has 0 amide bonds. The van der Waals surface area contributed by atoms with Crippen LogP contribution in [0.4, 0.5) is 10.3 Å². The van der Waals surface area contributed by atoms with Crippen molar-refractivity contribution in [2.75, 3.05) is 5.32 Å². The number of nitrogens with one attached hydrogen (secondary N) is 1. The van der Waals surface area contributed by atoms with E-state index in [1.807, 2.05) is 31.2 Å². The van der Waals surface area contributed by atoms with Crippen LogP contribution in [0.25, 0.3) is 0 Å². The van der Waals surface area contributed by atoms with Crippen molar-refractivity contribution < 1.29 is 4.39 Å². The summed E-state index contributed by atoms with van der Waals surface area (Å²) >= 11 is 0. The van der Waals surface area contributed by atoms with Crippen LogP contribution in [-0.2, 0) is 6.54 Å². The summed E-state index contributed by atoms with van der Waals surface area (Å²) in [7, 11) is 0. The van der Waals surface area contributed by atoms with E-state index in [4.69, 9.17) is 5.73 Å². The van der Waals surface area contributed by atoms with Gasteiger partial charge >= 0.3 is 0 Å². The van der Waals surface area contributed by atoms with Gasteiger partial charge in [0.25, 0.3) is 0 Å². The van der Waals surface area contributed by atoms with Gasteiger partial charge in [-0.25, -0.2) is 14.4 Å². The zero-order valence-corrected chi connectivity index (χ0v) is 10.1. The zero-order chi connectivity index (χ0) is 13.0. The Bertz CT molecular complexity index is 495. The van der Waals surface area contributed by atoms with Gasteiger partial charge in [-0.05, 0) is 18.1 Å². The van der Waals surface area contributed by atoms with Gasteiger partial charge in [0.1, 0.15) is 0 Å². The molecule has 5 heteroatoms. The van der Waals surface area contributed by atoms with Gasteiger partial charge < -0.3 is 11.1 Å². The molecule has 0 aliphatic carbocycles. The van der Waals surface area contributed by atoms with Gasteiger partial charge in [-0.1, -0.05) is 24.3 Å². The number of anilines is 1. The predicted octanol–water partition coefficient (Wildman–Crippen LogP) is 2.25. The molecule has 0 aliphatic rings. The Morgan fingerprint density at radius 1 is 1.22 bits per heavy atom. The van der Waals surface area contributed by atoms with E-state index in [9.17, 15) is 4.39 Å². The van der Waals surface area contributed by atoms with Crippen molar-refractivity contribution in [2.45, 2.75) is 19.5 Å². The molecule has 1 aromatic heterocycles. The molecule has 0 bridgehead atoms. The van der Waals surface area contributed by atoms with E-state index in [0.29, 0.717) is 12.5 Å². The minimum Gasteiger partial charge on any atom is -0.348 e. The van der Waals surface area contributed by atoms with Crippen LogP contribution in [-0.4, -0.2) is 9.97 Å². The summed E-state index contributed by atoms with van der Waals surface area (Å²) < 4.78 is 12.7. The van der Waals surface area contributed by atoms with E-state index in [-0.39, 0.29) is 6.04 Å². The van der Waals surface area contributed by atoms with Gasteiger partial charge in [-0.2, -0.15) is 0 Å². The van der Waals surface area contributed by atoms with E-state index < -0.39 is 5.82 Å². The molecule has 0 aliphatic heterocycles. The van der Waals surface area contributed by atoms with Crippen LogP contribution in [0, 0.1) is 5.82 Å². The lowest BCUT2D eigenvalue weighted by molar-refractivity contribution is 0.613. The highest BCUT2D eigenvalue weighted by Gasteiger charge is 2.06. The maximum Gasteiger partial charge on any atom is 0.223 e. The smallest absolute Gasteiger partial charge is 0.223 e. The van der Waals surface area contributed by atoms with Crippen LogP contribution in [0.1, 0.15) is 24.1 Å². The Labute approximate surface area is 105 Å². The molecule has 4 nitrogen and oxygen atoms in total. The highest BCUT2D eigenvalue weighted by molar-refractivity contribution is 5.32. The fourth-order valence-corrected chi connectivity index (χ4v) is 1.61. The van der Waals surface area contributed by atoms with Gasteiger partial charge in [-0.15, -0.1) is 0 Å². The number of hydrogen-bond acceptors (Lipinski definition) is 4. The molecule has 2 aromatic rings. The Morgan fingerprint density at radius 2 is 1.83 bits per heavy atom. The van der Waals surface area contributed by atoms with Crippen molar-refractivity contribution in [1.82, 2.24) is 9.97 Å².